The normalized spacial score (nSPS) is 11.9. The molecule has 0 amide bonds. The summed E-state index contributed by atoms with van der Waals surface area (Å²) in [7, 11) is 1.30. The molecular formula is C15H16O5. The average Bonchev–Trinajstić information content (AvgIpc) is 2.97. The predicted molar refractivity (Wildman–Crippen MR) is 71.5 cm³/mol. The molecule has 2 rings (SSSR count). The number of aliphatic hydroxyl groups excluding tert-OH is 1. The first-order valence-corrected chi connectivity index (χ1v) is 6.18. The van der Waals surface area contributed by atoms with E-state index in [9.17, 15) is 4.79 Å². The van der Waals surface area contributed by atoms with Gasteiger partial charge in [0, 0.05) is 0 Å². The molecule has 5 nitrogen and oxygen atoms in total. The summed E-state index contributed by atoms with van der Waals surface area (Å²) in [5, 5.41) is 8.97. The van der Waals surface area contributed by atoms with Crippen molar-refractivity contribution in [3.8, 4) is 5.75 Å². The molecular weight excluding hydrogens is 260 g/mol. The van der Waals surface area contributed by atoms with E-state index in [-0.39, 0.29) is 18.5 Å². The number of furan rings is 1. The largest absolute Gasteiger partial charge is 0.483 e. The van der Waals surface area contributed by atoms with E-state index in [4.69, 9.17) is 14.3 Å². The van der Waals surface area contributed by atoms with Crippen molar-refractivity contribution < 1.29 is 23.8 Å². The second-order valence-corrected chi connectivity index (χ2v) is 4.26. The van der Waals surface area contributed by atoms with Gasteiger partial charge in [-0.15, -0.1) is 0 Å². The predicted octanol–water partition coefficient (Wildman–Crippen LogP) is 2.70. The molecule has 0 fully saturated rings. The Balaban J connectivity index is 2.05. The molecule has 0 saturated heterocycles. The Morgan fingerprint density at radius 2 is 1.95 bits per heavy atom. The maximum absolute atomic E-state index is 11.3. The molecule has 0 bridgehead atoms. The lowest BCUT2D eigenvalue weighted by Crippen LogP contribution is -2.02. The van der Waals surface area contributed by atoms with E-state index in [2.05, 4.69) is 4.74 Å². The first-order chi connectivity index (χ1) is 9.63. The van der Waals surface area contributed by atoms with E-state index in [1.54, 1.807) is 36.4 Å². The molecule has 0 aliphatic carbocycles. The number of carbonyl (C=O) groups is 1. The smallest absolute Gasteiger partial charge is 0.373 e. The van der Waals surface area contributed by atoms with Crippen LogP contribution in [0.15, 0.2) is 40.8 Å². The number of esters is 1. The van der Waals surface area contributed by atoms with Gasteiger partial charge in [0.25, 0.3) is 0 Å². The molecule has 2 aromatic rings. The molecule has 0 radical (unpaired) electrons. The minimum absolute atomic E-state index is 0.00347. The SMILES string of the molecule is COC(=O)c1ccc(C(C)Oc2ccc(CO)cc2)o1. The molecule has 106 valence electrons. The second-order valence-electron chi connectivity index (χ2n) is 4.26. The zero-order chi connectivity index (χ0) is 14.5. The zero-order valence-electron chi connectivity index (χ0n) is 11.3. The Kier molecular flexibility index (Phi) is 4.42. The lowest BCUT2D eigenvalue weighted by Gasteiger charge is -2.12. The molecule has 0 aliphatic heterocycles. The minimum atomic E-state index is -0.518. The topological polar surface area (TPSA) is 68.9 Å². The number of carbonyl (C=O) groups excluding carboxylic acids is 1. The van der Waals surface area contributed by atoms with Crippen LogP contribution in [0.4, 0.5) is 0 Å². The van der Waals surface area contributed by atoms with Gasteiger partial charge in [-0.1, -0.05) is 12.1 Å². The Bertz CT molecular complexity index is 570. The summed E-state index contributed by atoms with van der Waals surface area (Å²) in [6, 6.07) is 10.3. The highest BCUT2D eigenvalue weighted by Gasteiger charge is 2.16. The van der Waals surface area contributed by atoms with Crippen LogP contribution >= 0.6 is 0 Å². The number of ether oxygens (including phenoxy) is 2. The fourth-order valence-electron chi connectivity index (χ4n) is 1.72. The third-order valence-electron chi connectivity index (χ3n) is 2.83. The average molecular weight is 276 g/mol. The van der Waals surface area contributed by atoms with Gasteiger partial charge >= 0.3 is 5.97 Å². The summed E-state index contributed by atoms with van der Waals surface area (Å²) in [5.41, 5.74) is 0.816. The number of aliphatic hydroxyl groups is 1. The van der Waals surface area contributed by atoms with Crippen LogP contribution in [0.25, 0.3) is 0 Å². The van der Waals surface area contributed by atoms with Crippen molar-refractivity contribution in [1.82, 2.24) is 0 Å². The summed E-state index contributed by atoms with van der Waals surface area (Å²) in [6.07, 6.45) is -0.339. The number of hydrogen-bond acceptors (Lipinski definition) is 5. The molecule has 1 aromatic carbocycles. The molecule has 20 heavy (non-hydrogen) atoms. The molecule has 0 spiro atoms. The monoisotopic (exact) mass is 276 g/mol. The van der Waals surface area contributed by atoms with Gasteiger partial charge < -0.3 is 19.0 Å². The van der Waals surface area contributed by atoms with Gasteiger partial charge in [0.1, 0.15) is 11.5 Å². The summed E-state index contributed by atoms with van der Waals surface area (Å²) < 4.78 is 15.7. The maximum Gasteiger partial charge on any atom is 0.373 e. The van der Waals surface area contributed by atoms with Crippen molar-refractivity contribution in [3.63, 3.8) is 0 Å². The molecule has 1 atom stereocenters. The van der Waals surface area contributed by atoms with E-state index < -0.39 is 5.97 Å². The molecule has 1 unspecified atom stereocenters. The third kappa shape index (κ3) is 3.19. The molecule has 1 aromatic heterocycles. The molecule has 5 heteroatoms. The van der Waals surface area contributed by atoms with Crippen LogP contribution in [-0.4, -0.2) is 18.2 Å². The van der Waals surface area contributed by atoms with Gasteiger partial charge in [0.05, 0.1) is 13.7 Å². The van der Waals surface area contributed by atoms with Gasteiger partial charge in [0.15, 0.2) is 6.10 Å². The Morgan fingerprint density at radius 1 is 1.25 bits per heavy atom. The Hall–Kier alpha value is -2.27. The summed E-state index contributed by atoms with van der Waals surface area (Å²) >= 11 is 0. The van der Waals surface area contributed by atoms with Crippen molar-refractivity contribution in [2.24, 2.45) is 0 Å². The van der Waals surface area contributed by atoms with Gasteiger partial charge in [0.2, 0.25) is 5.76 Å². The van der Waals surface area contributed by atoms with E-state index in [1.165, 1.54) is 7.11 Å². The number of benzene rings is 1. The van der Waals surface area contributed by atoms with E-state index in [0.717, 1.165) is 5.56 Å². The summed E-state index contributed by atoms with van der Waals surface area (Å²) in [4.78, 5) is 11.3. The lowest BCUT2D eigenvalue weighted by atomic mass is 10.2. The van der Waals surface area contributed by atoms with Crippen LogP contribution in [0.2, 0.25) is 0 Å². The number of methoxy groups -OCH3 is 1. The standard InChI is InChI=1S/C15H16O5/c1-10(13-7-8-14(20-13)15(17)18-2)19-12-5-3-11(9-16)4-6-12/h3-8,10,16H,9H2,1-2H3. The van der Waals surface area contributed by atoms with Gasteiger partial charge in [-0.05, 0) is 36.8 Å². The van der Waals surface area contributed by atoms with E-state index in [0.29, 0.717) is 11.5 Å². The summed E-state index contributed by atoms with van der Waals surface area (Å²) in [6.45, 7) is 1.82. The van der Waals surface area contributed by atoms with Crippen LogP contribution in [-0.2, 0) is 11.3 Å². The molecule has 0 aliphatic rings. The van der Waals surface area contributed by atoms with Crippen LogP contribution in [0.5, 0.6) is 5.75 Å². The third-order valence-corrected chi connectivity index (χ3v) is 2.83. The molecule has 1 heterocycles. The maximum atomic E-state index is 11.3. The first-order valence-electron chi connectivity index (χ1n) is 6.18. The first kappa shape index (κ1) is 14.1. The zero-order valence-corrected chi connectivity index (χ0v) is 11.3. The highest BCUT2D eigenvalue weighted by atomic mass is 16.5. The quantitative estimate of drug-likeness (QED) is 0.850. The van der Waals surface area contributed by atoms with Crippen LogP contribution in [0, 0.1) is 0 Å². The fourth-order valence-corrected chi connectivity index (χ4v) is 1.72. The van der Waals surface area contributed by atoms with Crippen molar-refractivity contribution in [1.29, 1.82) is 0 Å². The van der Waals surface area contributed by atoms with Crippen LogP contribution in [0.3, 0.4) is 0 Å². The highest BCUT2D eigenvalue weighted by Crippen LogP contribution is 2.24. The van der Waals surface area contributed by atoms with Gasteiger partial charge in [-0.2, -0.15) is 0 Å². The highest BCUT2D eigenvalue weighted by molar-refractivity contribution is 5.86. The molecule has 0 saturated carbocycles. The van der Waals surface area contributed by atoms with Crippen molar-refractivity contribution in [2.45, 2.75) is 19.6 Å². The molecule has 1 N–H and O–H groups in total. The van der Waals surface area contributed by atoms with E-state index >= 15 is 0 Å². The van der Waals surface area contributed by atoms with Crippen LogP contribution in [0.1, 0.15) is 34.9 Å². The van der Waals surface area contributed by atoms with Crippen molar-refractivity contribution >= 4 is 5.97 Å². The Morgan fingerprint density at radius 3 is 2.55 bits per heavy atom. The fraction of sp³-hybridized carbons (Fsp3) is 0.267. The number of rotatable bonds is 5. The van der Waals surface area contributed by atoms with Crippen molar-refractivity contribution in [2.75, 3.05) is 7.11 Å². The van der Waals surface area contributed by atoms with Crippen molar-refractivity contribution in [3.05, 3.63) is 53.5 Å². The van der Waals surface area contributed by atoms with E-state index in [1.807, 2.05) is 6.92 Å². The number of hydrogen-bond donors (Lipinski definition) is 1. The van der Waals surface area contributed by atoms with Gasteiger partial charge in [-0.3, -0.25) is 0 Å². The summed E-state index contributed by atoms with van der Waals surface area (Å²) in [5.74, 6) is 0.826. The van der Waals surface area contributed by atoms with Crippen LogP contribution < -0.4 is 4.74 Å². The second kappa shape index (κ2) is 6.25. The van der Waals surface area contributed by atoms with Gasteiger partial charge in [-0.25, -0.2) is 4.79 Å². The minimum Gasteiger partial charge on any atom is -0.483 e. The lowest BCUT2D eigenvalue weighted by molar-refractivity contribution is 0.0558. The Labute approximate surface area is 116 Å².